The van der Waals surface area contributed by atoms with Gasteiger partial charge in [0.25, 0.3) is 0 Å². The first-order chi connectivity index (χ1) is 25.1. The van der Waals surface area contributed by atoms with Crippen LogP contribution in [0.4, 0.5) is 17.1 Å². The molecule has 0 N–H and O–H groups in total. The van der Waals surface area contributed by atoms with Gasteiger partial charge in [-0.05, 0) is 92.2 Å². The molecule has 51 heavy (non-hydrogen) atoms. The number of benzene rings is 8. The molecule has 0 amide bonds. The molecule has 0 saturated carbocycles. The van der Waals surface area contributed by atoms with E-state index >= 15 is 0 Å². The Hall–Kier alpha value is -5.96. The molecule has 0 unspecified atom stereocenters. The molecule has 2 heteroatoms. The summed E-state index contributed by atoms with van der Waals surface area (Å²) in [6, 6.07) is 64.9. The second kappa shape index (κ2) is 11.6. The average Bonchev–Trinajstić information content (AvgIpc) is 3.68. The van der Waals surface area contributed by atoms with Gasteiger partial charge in [-0.25, -0.2) is 0 Å². The van der Waals surface area contributed by atoms with Gasteiger partial charge in [-0.3, -0.25) is 0 Å². The molecule has 0 spiro atoms. The van der Waals surface area contributed by atoms with E-state index in [0.717, 1.165) is 11.4 Å². The van der Waals surface area contributed by atoms with Crippen molar-refractivity contribution in [1.82, 2.24) is 0 Å². The summed E-state index contributed by atoms with van der Waals surface area (Å²) in [5.41, 5.74) is 13.7. The summed E-state index contributed by atoms with van der Waals surface area (Å²) in [6.45, 7) is 4.72. The zero-order chi connectivity index (χ0) is 34.1. The standard InChI is InChI=1S/C49H35NS/c1-49(2)41-22-8-5-19-39(41)47-38(21-12-23-42(47)49)37-18-6-9-24-43(37)50(44-25-13-27-46-48(44)40-20-7-10-26-45(40)51-46)36-17-11-16-34(31-36)35-29-28-32-14-3-4-15-33(32)30-35/h3-31H,1-2H3. The van der Waals surface area contributed by atoms with Crippen molar-refractivity contribution in [2.75, 3.05) is 4.90 Å². The highest BCUT2D eigenvalue weighted by Crippen LogP contribution is 2.54. The van der Waals surface area contributed by atoms with Gasteiger partial charge in [0.15, 0.2) is 0 Å². The number of nitrogens with zero attached hydrogens (tertiary/aromatic N) is 1. The maximum atomic E-state index is 2.51. The van der Waals surface area contributed by atoms with Crippen molar-refractivity contribution >= 4 is 59.3 Å². The van der Waals surface area contributed by atoms with E-state index in [1.807, 2.05) is 11.3 Å². The first-order valence-electron chi connectivity index (χ1n) is 17.7. The molecule has 0 bridgehead atoms. The number of fused-ring (bicyclic) bond motifs is 7. The third-order valence-corrected chi connectivity index (χ3v) is 12.0. The molecule has 9 aromatic rings. The SMILES string of the molecule is CC1(C)c2ccccc2-c2c(-c3ccccc3N(c3cccc(-c4ccc5ccccc5c4)c3)c3cccc4sc5ccccc5c34)cccc21. The van der Waals surface area contributed by atoms with Crippen molar-refractivity contribution in [1.29, 1.82) is 0 Å². The van der Waals surface area contributed by atoms with Gasteiger partial charge in [0.2, 0.25) is 0 Å². The summed E-state index contributed by atoms with van der Waals surface area (Å²) < 4.78 is 2.59. The van der Waals surface area contributed by atoms with E-state index in [2.05, 4.69) is 195 Å². The largest absolute Gasteiger partial charge is 0.309 e. The fourth-order valence-electron chi connectivity index (χ4n) is 8.42. The molecule has 0 radical (unpaired) electrons. The molecular weight excluding hydrogens is 635 g/mol. The van der Waals surface area contributed by atoms with Gasteiger partial charge in [-0.15, -0.1) is 11.3 Å². The average molecular weight is 670 g/mol. The third-order valence-electron chi connectivity index (χ3n) is 10.9. The van der Waals surface area contributed by atoms with Crippen LogP contribution in [0.1, 0.15) is 25.0 Å². The minimum Gasteiger partial charge on any atom is -0.309 e. The maximum Gasteiger partial charge on any atom is 0.0555 e. The van der Waals surface area contributed by atoms with Gasteiger partial charge in [-0.1, -0.05) is 147 Å². The molecule has 8 aromatic carbocycles. The van der Waals surface area contributed by atoms with Gasteiger partial charge < -0.3 is 4.90 Å². The number of rotatable bonds is 5. The van der Waals surface area contributed by atoms with E-state index in [9.17, 15) is 0 Å². The molecular formula is C49H35NS. The molecule has 242 valence electrons. The van der Waals surface area contributed by atoms with Crippen LogP contribution >= 0.6 is 11.3 Å². The summed E-state index contributed by atoms with van der Waals surface area (Å²) >= 11 is 1.87. The summed E-state index contributed by atoms with van der Waals surface area (Å²) in [6.07, 6.45) is 0. The molecule has 1 nitrogen and oxygen atoms in total. The van der Waals surface area contributed by atoms with Crippen LogP contribution in [0.5, 0.6) is 0 Å². The Morgan fingerprint density at radius 2 is 1.10 bits per heavy atom. The minimum absolute atomic E-state index is 0.0774. The van der Waals surface area contributed by atoms with Crippen molar-refractivity contribution < 1.29 is 0 Å². The summed E-state index contributed by atoms with van der Waals surface area (Å²) in [5.74, 6) is 0. The monoisotopic (exact) mass is 669 g/mol. The van der Waals surface area contributed by atoms with E-state index in [0.29, 0.717) is 0 Å². The van der Waals surface area contributed by atoms with Crippen LogP contribution in [0.3, 0.4) is 0 Å². The quantitative estimate of drug-likeness (QED) is 0.176. The Labute approximate surface area is 302 Å². The lowest BCUT2D eigenvalue weighted by molar-refractivity contribution is 0.660. The molecule has 1 aliphatic rings. The molecule has 0 saturated heterocycles. The predicted octanol–water partition coefficient (Wildman–Crippen LogP) is 14.3. The summed E-state index contributed by atoms with van der Waals surface area (Å²) in [4.78, 5) is 2.51. The number of anilines is 3. The first kappa shape index (κ1) is 29.9. The van der Waals surface area contributed by atoms with Crippen LogP contribution in [0, 0.1) is 0 Å². The molecule has 0 aliphatic heterocycles. The van der Waals surface area contributed by atoms with Crippen molar-refractivity contribution in [2.45, 2.75) is 19.3 Å². The van der Waals surface area contributed by atoms with E-state index in [1.54, 1.807) is 0 Å². The highest BCUT2D eigenvalue weighted by Gasteiger charge is 2.37. The van der Waals surface area contributed by atoms with E-state index in [1.165, 1.54) is 81.1 Å². The fourth-order valence-corrected chi connectivity index (χ4v) is 9.55. The van der Waals surface area contributed by atoms with Crippen LogP contribution < -0.4 is 4.90 Å². The first-order valence-corrected chi connectivity index (χ1v) is 18.5. The number of para-hydroxylation sites is 1. The van der Waals surface area contributed by atoms with Crippen molar-refractivity contribution in [3.05, 3.63) is 187 Å². The molecule has 1 aromatic heterocycles. The lowest BCUT2D eigenvalue weighted by atomic mass is 9.82. The zero-order valence-electron chi connectivity index (χ0n) is 28.6. The van der Waals surface area contributed by atoms with Crippen LogP contribution in [0.15, 0.2) is 176 Å². The van der Waals surface area contributed by atoms with Crippen LogP contribution in [-0.2, 0) is 5.41 Å². The van der Waals surface area contributed by atoms with Gasteiger partial charge in [0, 0.05) is 36.8 Å². The van der Waals surface area contributed by atoms with E-state index < -0.39 is 0 Å². The van der Waals surface area contributed by atoms with E-state index in [-0.39, 0.29) is 5.41 Å². The number of thiophene rings is 1. The smallest absolute Gasteiger partial charge is 0.0555 e. The number of hydrogen-bond donors (Lipinski definition) is 0. The van der Waals surface area contributed by atoms with Crippen LogP contribution in [0.25, 0.3) is 64.3 Å². The van der Waals surface area contributed by atoms with Crippen molar-refractivity contribution in [2.24, 2.45) is 0 Å². The fraction of sp³-hybridized carbons (Fsp3) is 0.0612. The Kier molecular flexibility index (Phi) is 6.78. The highest BCUT2D eigenvalue weighted by molar-refractivity contribution is 7.26. The third kappa shape index (κ3) is 4.67. The van der Waals surface area contributed by atoms with Gasteiger partial charge in [0.1, 0.15) is 0 Å². The van der Waals surface area contributed by atoms with Crippen molar-refractivity contribution in [3.8, 4) is 33.4 Å². The van der Waals surface area contributed by atoms with Gasteiger partial charge >= 0.3 is 0 Å². The lowest BCUT2D eigenvalue weighted by Gasteiger charge is -2.30. The normalized spacial score (nSPS) is 13.1. The Bertz CT molecular complexity index is 2800. The molecule has 0 fully saturated rings. The Morgan fingerprint density at radius 1 is 0.451 bits per heavy atom. The zero-order valence-corrected chi connectivity index (χ0v) is 29.4. The lowest BCUT2D eigenvalue weighted by Crippen LogP contribution is -2.15. The second-order valence-electron chi connectivity index (χ2n) is 14.1. The topological polar surface area (TPSA) is 3.24 Å². The summed E-state index contributed by atoms with van der Waals surface area (Å²) in [7, 11) is 0. The van der Waals surface area contributed by atoms with Gasteiger partial charge in [-0.2, -0.15) is 0 Å². The molecule has 0 atom stereocenters. The minimum atomic E-state index is -0.0774. The van der Waals surface area contributed by atoms with Crippen LogP contribution in [-0.4, -0.2) is 0 Å². The summed E-state index contributed by atoms with van der Waals surface area (Å²) in [5, 5.41) is 5.08. The molecule has 1 heterocycles. The Balaban J connectivity index is 1.25. The van der Waals surface area contributed by atoms with Gasteiger partial charge in [0.05, 0.1) is 11.4 Å². The molecule has 1 aliphatic carbocycles. The van der Waals surface area contributed by atoms with E-state index in [4.69, 9.17) is 0 Å². The highest BCUT2D eigenvalue weighted by atomic mass is 32.1. The predicted molar refractivity (Wildman–Crippen MR) is 220 cm³/mol. The van der Waals surface area contributed by atoms with Crippen LogP contribution in [0.2, 0.25) is 0 Å². The van der Waals surface area contributed by atoms with Crippen molar-refractivity contribution in [3.63, 3.8) is 0 Å². The number of hydrogen-bond acceptors (Lipinski definition) is 2. The Morgan fingerprint density at radius 3 is 2.02 bits per heavy atom. The molecule has 10 rings (SSSR count). The second-order valence-corrected chi connectivity index (χ2v) is 15.2. The maximum absolute atomic E-state index is 2.51.